The molecule has 0 fully saturated rings. The molecule has 84 valence electrons. The van der Waals surface area contributed by atoms with Gasteiger partial charge in [-0.2, -0.15) is 16.9 Å². The number of ether oxygens (including phenoxy) is 1. The third kappa shape index (κ3) is 2.01. The molecule has 0 radical (unpaired) electrons. The highest BCUT2D eigenvalue weighted by molar-refractivity contribution is 7.97. The number of rotatable bonds is 3. The van der Waals surface area contributed by atoms with E-state index in [2.05, 4.69) is 14.8 Å². The molecule has 0 atom stereocenters. The van der Waals surface area contributed by atoms with Crippen LogP contribution >= 0.6 is 11.8 Å². The van der Waals surface area contributed by atoms with Gasteiger partial charge < -0.3 is 4.74 Å². The van der Waals surface area contributed by atoms with Gasteiger partial charge in [-0.3, -0.25) is 0 Å². The van der Waals surface area contributed by atoms with Crippen molar-refractivity contribution in [1.29, 1.82) is 0 Å². The quantitative estimate of drug-likeness (QED) is 0.755. The molecule has 2 rings (SSSR count). The molecule has 0 amide bonds. The van der Waals surface area contributed by atoms with E-state index < -0.39 is 0 Å². The molecular formula is C10H11N3O2S. The van der Waals surface area contributed by atoms with E-state index in [0.29, 0.717) is 11.2 Å². The first-order chi connectivity index (χ1) is 7.74. The van der Waals surface area contributed by atoms with E-state index in [1.54, 1.807) is 34.6 Å². The van der Waals surface area contributed by atoms with E-state index in [4.69, 9.17) is 0 Å². The Morgan fingerprint density at radius 1 is 1.62 bits per heavy atom. The molecule has 16 heavy (non-hydrogen) atoms. The molecular weight excluding hydrogens is 226 g/mol. The maximum Gasteiger partial charge on any atom is 0.338 e. The third-order valence-corrected chi connectivity index (χ3v) is 2.62. The van der Waals surface area contributed by atoms with Crippen molar-refractivity contribution in [3.8, 4) is 0 Å². The highest BCUT2D eigenvalue weighted by Gasteiger charge is 2.08. The molecule has 0 aliphatic rings. The van der Waals surface area contributed by atoms with E-state index in [0.717, 1.165) is 11.6 Å². The molecule has 0 aromatic carbocycles. The smallest absolute Gasteiger partial charge is 0.338 e. The van der Waals surface area contributed by atoms with E-state index in [9.17, 15) is 4.79 Å². The molecule has 0 N–H and O–H groups in total. The van der Waals surface area contributed by atoms with Crippen molar-refractivity contribution in [2.24, 2.45) is 0 Å². The van der Waals surface area contributed by atoms with Crippen LogP contribution in [0.5, 0.6) is 0 Å². The average Bonchev–Trinajstić information content (AvgIpc) is 2.69. The number of methoxy groups -OCH3 is 1. The Bertz CT molecular complexity index is 524. The molecule has 2 aromatic rings. The summed E-state index contributed by atoms with van der Waals surface area (Å²) >= 11 is 1.66. The Labute approximate surface area is 96.8 Å². The van der Waals surface area contributed by atoms with Gasteiger partial charge in [0.15, 0.2) is 11.5 Å². The summed E-state index contributed by atoms with van der Waals surface area (Å²) < 4.78 is 6.29. The summed E-state index contributed by atoms with van der Waals surface area (Å²) in [4.78, 5) is 15.6. The summed E-state index contributed by atoms with van der Waals surface area (Å²) in [6.45, 7) is 0. The van der Waals surface area contributed by atoms with Crippen LogP contribution in [0.1, 0.15) is 16.2 Å². The lowest BCUT2D eigenvalue weighted by atomic mass is 10.3. The van der Waals surface area contributed by atoms with Crippen molar-refractivity contribution in [1.82, 2.24) is 14.6 Å². The molecule has 0 aliphatic heterocycles. The normalized spacial score (nSPS) is 10.6. The number of hydrogen-bond donors (Lipinski definition) is 0. The Morgan fingerprint density at radius 2 is 2.44 bits per heavy atom. The summed E-state index contributed by atoms with van der Waals surface area (Å²) in [5, 5.41) is 4.26. The fourth-order valence-corrected chi connectivity index (χ4v) is 1.74. The lowest BCUT2D eigenvalue weighted by Crippen LogP contribution is -2.02. The monoisotopic (exact) mass is 237 g/mol. The minimum absolute atomic E-state index is 0.364. The first kappa shape index (κ1) is 10.9. The second kappa shape index (κ2) is 4.52. The van der Waals surface area contributed by atoms with Gasteiger partial charge in [0.1, 0.15) is 0 Å². The zero-order valence-corrected chi connectivity index (χ0v) is 9.82. The number of hydrogen-bond acceptors (Lipinski definition) is 5. The predicted molar refractivity (Wildman–Crippen MR) is 61.5 cm³/mol. The van der Waals surface area contributed by atoms with Crippen molar-refractivity contribution in [2.45, 2.75) is 5.75 Å². The molecule has 2 aromatic heterocycles. The van der Waals surface area contributed by atoms with Crippen LogP contribution in [0, 0.1) is 0 Å². The van der Waals surface area contributed by atoms with Gasteiger partial charge in [-0.05, 0) is 18.4 Å². The van der Waals surface area contributed by atoms with Crippen molar-refractivity contribution in [3.63, 3.8) is 0 Å². The average molecular weight is 237 g/mol. The zero-order valence-electron chi connectivity index (χ0n) is 9.01. The maximum absolute atomic E-state index is 11.3. The Kier molecular flexibility index (Phi) is 3.09. The van der Waals surface area contributed by atoms with Crippen LogP contribution in [0.2, 0.25) is 0 Å². The second-order valence-electron chi connectivity index (χ2n) is 3.17. The summed E-state index contributed by atoms with van der Waals surface area (Å²) in [5.41, 5.74) is 1.14. The Balaban J connectivity index is 2.41. The second-order valence-corrected chi connectivity index (χ2v) is 4.04. The van der Waals surface area contributed by atoms with Gasteiger partial charge in [0.2, 0.25) is 0 Å². The summed E-state index contributed by atoms with van der Waals surface area (Å²) in [6, 6.07) is 3.33. The van der Waals surface area contributed by atoms with Crippen LogP contribution in [0.15, 0.2) is 18.3 Å². The summed E-state index contributed by atoms with van der Waals surface area (Å²) in [6.07, 6.45) is 3.70. The van der Waals surface area contributed by atoms with Crippen molar-refractivity contribution in [3.05, 3.63) is 29.7 Å². The molecule has 2 heterocycles. The molecule has 0 spiro atoms. The fourth-order valence-electron chi connectivity index (χ4n) is 1.36. The van der Waals surface area contributed by atoms with Gasteiger partial charge >= 0.3 is 5.97 Å². The number of carbonyl (C=O) groups is 1. The highest BCUT2D eigenvalue weighted by Crippen LogP contribution is 2.09. The minimum atomic E-state index is -0.364. The van der Waals surface area contributed by atoms with Gasteiger partial charge in [-0.1, -0.05) is 0 Å². The van der Waals surface area contributed by atoms with Gasteiger partial charge in [-0.25, -0.2) is 14.3 Å². The number of esters is 1. The van der Waals surface area contributed by atoms with Crippen LogP contribution in [0.3, 0.4) is 0 Å². The van der Waals surface area contributed by atoms with Crippen molar-refractivity contribution >= 4 is 23.4 Å². The fraction of sp³-hybridized carbons (Fsp3) is 0.300. The van der Waals surface area contributed by atoms with Crippen LogP contribution < -0.4 is 0 Å². The number of aromatic nitrogens is 3. The molecule has 5 nitrogen and oxygen atoms in total. The maximum atomic E-state index is 11.3. The lowest BCUT2D eigenvalue weighted by molar-refractivity contribution is 0.0600. The lowest BCUT2D eigenvalue weighted by Gasteiger charge is -1.97. The van der Waals surface area contributed by atoms with Gasteiger partial charge in [0.05, 0.1) is 18.4 Å². The highest BCUT2D eigenvalue weighted by atomic mass is 32.2. The first-order valence-electron chi connectivity index (χ1n) is 4.67. The zero-order chi connectivity index (χ0) is 11.5. The predicted octanol–water partition coefficient (Wildman–Crippen LogP) is 1.38. The molecule has 6 heteroatoms. The first-order valence-corrected chi connectivity index (χ1v) is 6.06. The summed E-state index contributed by atoms with van der Waals surface area (Å²) in [7, 11) is 1.36. The molecule has 0 unspecified atom stereocenters. The van der Waals surface area contributed by atoms with Gasteiger partial charge in [0, 0.05) is 6.20 Å². The van der Waals surface area contributed by atoms with E-state index >= 15 is 0 Å². The molecule has 0 bridgehead atoms. The van der Waals surface area contributed by atoms with Gasteiger partial charge in [0.25, 0.3) is 0 Å². The molecule has 0 saturated heterocycles. The number of nitrogens with zero attached hydrogens (tertiary/aromatic N) is 3. The standard InChI is InChI=1S/C10H11N3O2S/c1-15-10(14)7-3-4-13-9(5-7)11-8(12-13)6-16-2/h3-5H,6H2,1-2H3. The van der Waals surface area contributed by atoms with E-state index in [1.807, 2.05) is 6.26 Å². The van der Waals surface area contributed by atoms with Crippen molar-refractivity contribution in [2.75, 3.05) is 13.4 Å². The minimum Gasteiger partial charge on any atom is -0.465 e. The molecule has 0 saturated carbocycles. The van der Waals surface area contributed by atoms with Crippen LogP contribution in [-0.4, -0.2) is 33.9 Å². The van der Waals surface area contributed by atoms with Crippen molar-refractivity contribution < 1.29 is 9.53 Å². The summed E-state index contributed by atoms with van der Waals surface area (Å²) in [5.74, 6) is 1.15. The number of carbonyl (C=O) groups excluding carboxylic acids is 1. The number of fused-ring (bicyclic) bond motifs is 1. The van der Waals surface area contributed by atoms with Crippen LogP contribution in [0.25, 0.3) is 5.65 Å². The number of pyridine rings is 1. The Hall–Kier alpha value is -1.56. The van der Waals surface area contributed by atoms with Gasteiger partial charge in [-0.15, -0.1) is 0 Å². The number of thioether (sulfide) groups is 1. The Morgan fingerprint density at radius 3 is 3.12 bits per heavy atom. The van der Waals surface area contributed by atoms with E-state index in [-0.39, 0.29) is 5.97 Å². The van der Waals surface area contributed by atoms with Crippen LogP contribution in [-0.2, 0) is 10.5 Å². The molecule has 0 aliphatic carbocycles. The third-order valence-electron chi connectivity index (χ3n) is 2.08. The topological polar surface area (TPSA) is 56.5 Å². The largest absolute Gasteiger partial charge is 0.465 e. The van der Waals surface area contributed by atoms with Crippen LogP contribution in [0.4, 0.5) is 0 Å². The van der Waals surface area contributed by atoms with E-state index in [1.165, 1.54) is 7.11 Å². The SMILES string of the molecule is COC(=O)c1ccn2nc(CSC)nc2c1.